The van der Waals surface area contributed by atoms with Crippen molar-refractivity contribution in [3.05, 3.63) is 131 Å². The maximum absolute atomic E-state index is 14.5. The van der Waals surface area contributed by atoms with E-state index < -0.39 is 34.3 Å². The van der Waals surface area contributed by atoms with Gasteiger partial charge in [0.05, 0.1) is 10.6 Å². The van der Waals surface area contributed by atoms with E-state index >= 15 is 0 Å². The second kappa shape index (κ2) is 15.0. The van der Waals surface area contributed by atoms with Crippen LogP contribution in [0.2, 0.25) is 0 Å². The van der Waals surface area contributed by atoms with Crippen LogP contribution in [-0.2, 0) is 32.6 Å². The molecule has 0 radical (unpaired) electrons. The molecule has 2 amide bonds. The molecule has 0 unspecified atom stereocenters. The number of aryl methyl sites for hydroxylation is 2. The number of halogens is 1. The van der Waals surface area contributed by atoms with E-state index in [4.69, 9.17) is 0 Å². The van der Waals surface area contributed by atoms with Crippen molar-refractivity contribution in [2.75, 3.05) is 10.8 Å². The molecular weight excluding hydrogens is 589 g/mol. The second-order valence-corrected chi connectivity index (χ2v) is 13.2. The van der Waals surface area contributed by atoms with E-state index in [1.165, 1.54) is 29.2 Å². The molecule has 4 aromatic carbocycles. The molecule has 1 N–H and O–H groups in total. The molecule has 4 aromatic rings. The fourth-order valence-electron chi connectivity index (χ4n) is 4.86. The average Bonchev–Trinajstić information content (AvgIpc) is 3.03. The molecular formula is C36H40FN3O4S. The molecule has 45 heavy (non-hydrogen) atoms. The van der Waals surface area contributed by atoms with E-state index in [0.29, 0.717) is 6.42 Å². The van der Waals surface area contributed by atoms with Crippen molar-refractivity contribution in [3.63, 3.8) is 0 Å². The largest absolute Gasteiger partial charge is 0.352 e. The van der Waals surface area contributed by atoms with Crippen molar-refractivity contribution in [2.45, 2.75) is 64.1 Å². The maximum Gasteiger partial charge on any atom is 0.264 e. The van der Waals surface area contributed by atoms with E-state index in [0.717, 1.165) is 38.7 Å². The Labute approximate surface area is 265 Å². The van der Waals surface area contributed by atoms with Crippen LogP contribution < -0.4 is 9.62 Å². The highest BCUT2D eigenvalue weighted by Crippen LogP contribution is 2.26. The van der Waals surface area contributed by atoms with Gasteiger partial charge in [-0.25, -0.2) is 12.8 Å². The average molecular weight is 630 g/mol. The summed E-state index contributed by atoms with van der Waals surface area (Å²) in [5.41, 5.74) is 3.69. The van der Waals surface area contributed by atoms with Gasteiger partial charge in [0, 0.05) is 19.0 Å². The Balaban J connectivity index is 1.80. The van der Waals surface area contributed by atoms with E-state index in [1.807, 2.05) is 82.3 Å². The van der Waals surface area contributed by atoms with Gasteiger partial charge in [0.15, 0.2) is 0 Å². The quantitative estimate of drug-likeness (QED) is 0.191. The smallest absolute Gasteiger partial charge is 0.264 e. The number of hydrogen-bond donors (Lipinski definition) is 1. The minimum atomic E-state index is -4.26. The lowest BCUT2D eigenvalue weighted by molar-refractivity contribution is -0.140. The van der Waals surface area contributed by atoms with Gasteiger partial charge in [-0.15, -0.1) is 0 Å². The molecule has 9 heteroatoms. The highest BCUT2D eigenvalue weighted by molar-refractivity contribution is 7.92. The number of sulfonamides is 1. The van der Waals surface area contributed by atoms with Crippen LogP contribution in [0.1, 0.15) is 42.5 Å². The highest BCUT2D eigenvalue weighted by atomic mass is 32.2. The molecule has 4 rings (SSSR count). The summed E-state index contributed by atoms with van der Waals surface area (Å²) in [4.78, 5) is 29.8. The number of benzene rings is 4. The first kappa shape index (κ1) is 33.4. The number of carbonyl (C=O) groups excluding carboxylic acids is 2. The Hall–Kier alpha value is -4.50. The number of anilines is 1. The summed E-state index contributed by atoms with van der Waals surface area (Å²) in [6.07, 6.45) is 0.921. The number of carbonyl (C=O) groups is 2. The van der Waals surface area contributed by atoms with Crippen LogP contribution in [0.15, 0.2) is 108 Å². The molecule has 0 saturated carbocycles. The van der Waals surface area contributed by atoms with E-state index in [9.17, 15) is 22.4 Å². The van der Waals surface area contributed by atoms with Crippen molar-refractivity contribution in [3.8, 4) is 0 Å². The van der Waals surface area contributed by atoms with Crippen LogP contribution in [0.4, 0.5) is 10.1 Å². The summed E-state index contributed by atoms with van der Waals surface area (Å²) in [5, 5.41) is 3.03. The van der Waals surface area contributed by atoms with Gasteiger partial charge in [-0.2, -0.15) is 0 Å². The van der Waals surface area contributed by atoms with Gasteiger partial charge in [0.2, 0.25) is 11.8 Å². The zero-order valence-corrected chi connectivity index (χ0v) is 26.9. The van der Waals surface area contributed by atoms with Crippen molar-refractivity contribution in [1.82, 2.24) is 10.2 Å². The molecule has 0 aliphatic heterocycles. The molecule has 7 nitrogen and oxygen atoms in total. The summed E-state index contributed by atoms with van der Waals surface area (Å²) in [6.45, 7) is 7.14. The Morgan fingerprint density at radius 1 is 0.800 bits per heavy atom. The van der Waals surface area contributed by atoms with Crippen LogP contribution in [0.3, 0.4) is 0 Å². The number of rotatable bonds is 13. The summed E-state index contributed by atoms with van der Waals surface area (Å²) in [7, 11) is -4.26. The lowest BCUT2D eigenvalue weighted by Gasteiger charge is -2.34. The van der Waals surface area contributed by atoms with E-state index in [1.54, 1.807) is 12.1 Å². The molecule has 0 saturated heterocycles. The van der Waals surface area contributed by atoms with Crippen LogP contribution in [0.25, 0.3) is 0 Å². The van der Waals surface area contributed by atoms with Crippen LogP contribution in [0.5, 0.6) is 0 Å². The van der Waals surface area contributed by atoms with Gasteiger partial charge in [-0.1, -0.05) is 84.8 Å². The lowest BCUT2D eigenvalue weighted by atomic mass is 10.0. The standard InChI is InChI=1S/C36H40FN3O4S/c1-5-28(4)38-36(42)34(23-29-9-7-6-8-10-29)39(24-30-15-11-26(2)12-16-30)35(41)25-40(32-19-17-31(37)18-20-32)45(43,44)33-21-13-27(3)14-22-33/h6-22,28,34H,5,23-25H2,1-4H3,(H,38,42)/t28-,34-/m0/s1. The van der Waals surface area contributed by atoms with Gasteiger partial charge >= 0.3 is 0 Å². The van der Waals surface area contributed by atoms with E-state index in [-0.39, 0.29) is 35.5 Å². The first-order valence-corrected chi connectivity index (χ1v) is 16.5. The summed E-state index contributed by atoms with van der Waals surface area (Å²) in [5.74, 6) is -1.44. The number of nitrogens with one attached hydrogen (secondary N) is 1. The monoisotopic (exact) mass is 629 g/mol. The third-order valence-electron chi connectivity index (χ3n) is 7.75. The Morgan fingerprint density at radius 3 is 1.96 bits per heavy atom. The molecule has 0 aliphatic rings. The number of amides is 2. The van der Waals surface area contributed by atoms with Gasteiger partial charge in [0.1, 0.15) is 18.4 Å². The summed E-state index contributed by atoms with van der Waals surface area (Å²) < 4.78 is 43.0. The normalized spacial score (nSPS) is 12.6. The van der Waals surface area contributed by atoms with Crippen molar-refractivity contribution in [2.24, 2.45) is 0 Å². The molecule has 0 fully saturated rings. The molecule has 0 spiro atoms. The minimum absolute atomic E-state index is 0.00865. The fraction of sp³-hybridized carbons (Fsp3) is 0.278. The van der Waals surface area contributed by atoms with Crippen molar-refractivity contribution < 1.29 is 22.4 Å². The predicted molar refractivity (Wildman–Crippen MR) is 176 cm³/mol. The van der Waals surface area contributed by atoms with Gasteiger partial charge in [-0.3, -0.25) is 13.9 Å². The van der Waals surface area contributed by atoms with Gasteiger partial charge in [0.25, 0.3) is 10.0 Å². The Bertz CT molecular complexity index is 1680. The van der Waals surface area contributed by atoms with Crippen LogP contribution >= 0.6 is 0 Å². The minimum Gasteiger partial charge on any atom is -0.352 e. The number of nitrogens with zero attached hydrogens (tertiary/aromatic N) is 2. The van der Waals surface area contributed by atoms with Crippen LogP contribution in [0, 0.1) is 19.7 Å². The predicted octanol–water partition coefficient (Wildman–Crippen LogP) is 6.19. The van der Waals surface area contributed by atoms with Crippen molar-refractivity contribution in [1.29, 1.82) is 0 Å². The number of hydrogen-bond acceptors (Lipinski definition) is 4. The summed E-state index contributed by atoms with van der Waals surface area (Å²) in [6, 6.07) is 27.2. The third kappa shape index (κ3) is 8.79. The first-order valence-electron chi connectivity index (χ1n) is 15.0. The van der Waals surface area contributed by atoms with Crippen LogP contribution in [-0.4, -0.2) is 43.8 Å². The molecule has 2 atom stereocenters. The second-order valence-electron chi connectivity index (χ2n) is 11.3. The maximum atomic E-state index is 14.5. The SMILES string of the molecule is CC[C@H](C)NC(=O)[C@H](Cc1ccccc1)N(Cc1ccc(C)cc1)C(=O)CN(c1ccc(F)cc1)S(=O)(=O)c1ccc(C)cc1. The molecule has 0 bridgehead atoms. The summed E-state index contributed by atoms with van der Waals surface area (Å²) >= 11 is 0. The Kier molecular flexibility index (Phi) is 11.1. The van der Waals surface area contributed by atoms with E-state index in [2.05, 4.69) is 5.32 Å². The molecule has 236 valence electrons. The zero-order chi connectivity index (χ0) is 32.6. The molecule has 0 aromatic heterocycles. The molecule has 0 heterocycles. The third-order valence-corrected chi connectivity index (χ3v) is 9.54. The first-order chi connectivity index (χ1) is 21.5. The van der Waals surface area contributed by atoms with Gasteiger partial charge < -0.3 is 10.2 Å². The van der Waals surface area contributed by atoms with Gasteiger partial charge in [-0.05, 0) is 74.7 Å². The highest BCUT2D eigenvalue weighted by Gasteiger charge is 2.35. The fourth-order valence-corrected chi connectivity index (χ4v) is 6.27. The molecule has 0 aliphatic carbocycles. The Morgan fingerprint density at radius 2 is 1.38 bits per heavy atom. The zero-order valence-electron chi connectivity index (χ0n) is 26.1. The van der Waals surface area contributed by atoms with Crippen molar-refractivity contribution >= 4 is 27.5 Å². The lowest BCUT2D eigenvalue weighted by Crippen LogP contribution is -2.54. The topological polar surface area (TPSA) is 86.8 Å².